The fourth-order valence-corrected chi connectivity index (χ4v) is 2.74. The van der Waals surface area contributed by atoms with Crippen LogP contribution in [0.2, 0.25) is 10.0 Å². The first-order valence-corrected chi connectivity index (χ1v) is 8.70. The monoisotopic (exact) mass is 407 g/mol. The van der Waals surface area contributed by atoms with Crippen LogP contribution < -0.4 is 10.2 Å². The fourth-order valence-electron chi connectivity index (χ4n) is 2.37. The third kappa shape index (κ3) is 4.96. The number of hydrogen-bond acceptors (Lipinski definition) is 6. The number of aliphatic hydroxyl groups is 2. The molecule has 0 saturated carbocycles. The van der Waals surface area contributed by atoms with Crippen molar-refractivity contribution in [1.82, 2.24) is 4.90 Å². The van der Waals surface area contributed by atoms with Gasteiger partial charge in [-0.1, -0.05) is 47.5 Å². The predicted octanol–water partition coefficient (Wildman–Crippen LogP) is 3.96. The molecule has 0 spiro atoms. The largest absolute Gasteiger partial charge is 0.636 e. The van der Waals surface area contributed by atoms with Gasteiger partial charge in [0.1, 0.15) is 12.4 Å². The van der Waals surface area contributed by atoms with Crippen LogP contribution in [0.1, 0.15) is 5.56 Å². The molecule has 0 atom stereocenters. The van der Waals surface area contributed by atoms with E-state index in [1.165, 1.54) is 17.3 Å². The van der Waals surface area contributed by atoms with Crippen LogP contribution in [0.15, 0.2) is 66.8 Å². The predicted molar refractivity (Wildman–Crippen MR) is 104 cm³/mol. The van der Waals surface area contributed by atoms with Crippen molar-refractivity contribution in [3.05, 3.63) is 82.4 Å². The maximum Gasteiger partial charge on any atom is 0.636 e. The number of nitrogens with zero attached hydrogens (tertiary/aromatic N) is 1. The second-order valence-electron chi connectivity index (χ2n) is 5.74. The molecule has 6 nitrogen and oxygen atoms in total. The maximum atomic E-state index is 9.77. The summed E-state index contributed by atoms with van der Waals surface area (Å²) in [5, 5.41) is 20.5. The molecular weight excluding hydrogens is 392 g/mol. The molecule has 1 aliphatic heterocycles. The molecule has 0 radical (unpaired) electrons. The van der Waals surface area contributed by atoms with E-state index in [1.54, 1.807) is 43.4 Å². The lowest BCUT2D eigenvalue weighted by Gasteiger charge is -2.20. The van der Waals surface area contributed by atoms with Gasteiger partial charge in [-0.15, -0.1) is 0 Å². The van der Waals surface area contributed by atoms with Crippen LogP contribution in [-0.2, 0) is 15.9 Å². The molecule has 0 saturated heterocycles. The molecule has 0 aliphatic carbocycles. The van der Waals surface area contributed by atoms with E-state index in [9.17, 15) is 10.2 Å². The van der Waals surface area contributed by atoms with Crippen LogP contribution >= 0.6 is 23.2 Å². The van der Waals surface area contributed by atoms with Gasteiger partial charge >= 0.3 is 7.12 Å². The van der Waals surface area contributed by atoms with E-state index >= 15 is 0 Å². The Kier molecular flexibility index (Phi) is 5.93. The number of aliphatic hydroxyl groups excluding tert-OH is 2. The van der Waals surface area contributed by atoms with Gasteiger partial charge in [0.15, 0.2) is 0 Å². The van der Waals surface area contributed by atoms with Gasteiger partial charge in [-0.25, -0.2) is 0 Å². The van der Waals surface area contributed by atoms with E-state index in [0.717, 1.165) is 5.56 Å². The summed E-state index contributed by atoms with van der Waals surface area (Å²) >= 11 is 12.1. The molecule has 2 aromatic rings. The van der Waals surface area contributed by atoms with Crippen molar-refractivity contribution in [2.45, 2.75) is 6.61 Å². The number of hydrogen-bond donors (Lipinski definition) is 2. The third-order valence-electron chi connectivity index (χ3n) is 3.66. The van der Waals surface area contributed by atoms with Crippen LogP contribution in [0.4, 0.5) is 0 Å². The van der Waals surface area contributed by atoms with Crippen molar-refractivity contribution in [2.75, 3.05) is 7.05 Å². The quantitative estimate of drug-likeness (QED) is 0.747. The zero-order chi connectivity index (χ0) is 19.4. The Morgan fingerprint density at radius 1 is 1.00 bits per heavy atom. The summed E-state index contributed by atoms with van der Waals surface area (Å²) in [6.07, 6.45) is 2.61. The van der Waals surface area contributed by atoms with Crippen molar-refractivity contribution in [1.29, 1.82) is 0 Å². The van der Waals surface area contributed by atoms with Gasteiger partial charge in [0.2, 0.25) is 0 Å². The minimum atomic E-state index is -1.01. The molecule has 1 aliphatic rings. The lowest BCUT2D eigenvalue weighted by Crippen LogP contribution is -2.37. The molecular formula is C18H16BCl2NO5. The summed E-state index contributed by atoms with van der Waals surface area (Å²) in [7, 11) is 0.597. The number of ether oxygens (including phenoxy) is 1. The second-order valence-corrected chi connectivity index (χ2v) is 6.52. The zero-order valence-corrected chi connectivity index (χ0v) is 15.8. The summed E-state index contributed by atoms with van der Waals surface area (Å²) in [6.45, 7) is 0.258. The second kappa shape index (κ2) is 8.37. The molecule has 0 amide bonds. The average Bonchev–Trinajstić information content (AvgIpc) is 2.61. The van der Waals surface area contributed by atoms with Gasteiger partial charge in [-0.2, -0.15) is 0 Å². The molecule has 0 bridgehead atoms. The van der Waals surface area contributed by atoms with Gasteiger partial charge in [-0.3, -0.25) is 0 Å². The Labute approximate surface area is 166 Å². The van der Waals surface area contributed by atoms with Gasteiger partial charge in [0.25, 0.3) is 11.9 Å². The SMILES string of the molecule is CN1C=C(O)OB(c2ccc(OCc3cccc(Cl)c3Cl)cc2)O/C(O)=C\1. The summed E-state index contributed by atoms with van der Waals surface area (Å²) in [5.74, 6) is -0.0933. The molecule has 2 N–H and O–H groups in total. The van der Waals surface area contributed by atoms with E-state index in [2.05, 4.69) is 0 Å². The highest BCUT2D eigenvalue weighted by molar-refractivity contribution is 6.61. The molecule has 0 fully saturated rings. The third-order valence-corrected chi connectivity index (χ3v) is 4.52. The summed E-state index contributed by atoms with van der Waals surface area (Å²) in [4.78, 5) is 1.40. The molecule has 1 heterocycles. The first-order valence-electron chi connectivity index (χ1n) is 7.95. The normalized spacial score (nSPS) is 16.3. The molecule has 0 unspecified atom stereocenters. The van der Waals surface area contributed by atoms with E-state index in [0.29, 0.717) is 21.3 Å². The van der Waals surface area contributed by atoms with Crippen LogP contribution in [-0.4, -0.2) is 29.3 Å². The van der Waals surface area contributed by atoms with Gasteiger partial charge < -0.3 is 29.2 Å². The molecule has 9 heteroatoms. The van der Waals surface area contributed by atoms with Crippen molar-refractivity contribution >= 4 is 35.8 Å². The smallest absolute Gasteiger partial charge is 0.494 e. The van der Waals surface area contributed by atoms with Crippen LogP contribution in [0, 0.1) is 0 Å². The highest BCUT2D eigenvalue weighted by Gasteiger charge is 2.29. The summed E-state index contributed by atoms with van der Waals surface area (Å²) in [5.41, 5.74) is 1.35. The van der Waals surface area contributed by atoms with Crippen LogP contribution in [0.3, 0.4) is 0 Å². The Morgan fingerprint density at radius 2 is 1.63 bits per heavy atom. The minimum Gasteiger partial charge on any atom is -0.494 e. The standard InChI is InChI=1S/C18H16BCl2NO5/c1-22-9-16(23)26-19(27-17(24)10-22)13-5-7-14(8-6-13)25-11-12-3-2-4-15(20)18(12)21/h2-10,23-24H,11H2,1H3/b16-9-,17-10?. The zero-order valence-electron chi connectivity index (χ0n) is 14.3. The van der Waals surface area contributed by atoms with Crippen molar-refractivity contribution in [3.8, 4) is 5.75 Å². The molecule has 27 heavy (non-hydrogen) atoms. The Hall–Kier alpha value is -2.64. The number of halogens is 2. The van der Waals surface area contributed by atoms with Crippen molar-refractivity contribution < 1.29 is 24.3 Å². The Bertz CT molecular complexity index is 851. The topological polar surface area (TPSA) is 71.4 Å². The molecule has 0 aromatic heterocycles. The Morgan fingerprint density at radius 3 is 2.26 bits per heavy atom. The number of rotatable bonds is 4. The number of benzene rings is 2. The van der Waals surface area contributed by atoms with Crippen LogP contribution in [0.5, 0.6) is 5.75 Å². The van der Waals surface area contributed by atoms with Crippen molar-refractivity contribution in [2.24, 2.45) is 0 Å². The lowest BCUT2D eigenvalue weighted by molar-refractivity contribution is 0.124. The first-order chi connectivity index (χ1) is 12.9. The van der Waals surface area contributed by atoms with Crippen molar-refractivity contribution in [3.63, 3.8) is 0 Å². The summed E-state index contributed by atoms with van der Waals surface area (Å²) < 4.78 is 16.3. The van der Waals surface area contributed by atoms with E-state index in [-0.39, 0.29) is 18.5 Å². The van der Waals surface area contributed by atoms with Crippen LogP contribution in [0.25, 0.3) is 0 Å². The molecule has 140 valence electrons. The molecule has 3 rings (SSSR count). The van der Waals surface area contributed by atoms with E-state index < -0.39 is 7.12 Å². The highest BCUT2D eigenvalue weighted by atomic mass is 35.5. The lowest BCUT2D eigenvalue weighted by atomic mass is 9.79. The van der Waals surface area contributed by atoms with Gasteiger partial charge in [0, 0.05) is 18.1 Å². The Balaban J connectivity index is 1.69. The van der Waals surface area contributed by atoms with E-state index in [1.807, 2.05) is 6.07 Å². The first kappa shape index (κ1) is 19.1. The van der Waals surface area contributed by atoms with E-state index in [4.69, 9.17) is 37.2 Å². The van der Waals surface area contributed by atoms with Gasteiger partial charge in [0.05, 0.1) is 22.4 Å². The molecule has 2 aromatic carbocycles. The summed E-state index contributed by atoms with van der Waals surface area (Å²) in [6, 6.07) is 12.2. The van der Waals surface area contributed by atoms with Gasteiger partial charge in [-0.05, 0) is 18.2 Å². The minimum absolute atomic E-state index is 0.258. The highest BCUT2D eigenvalue weighted by Crippen LogP contribution is 2.26. The average molecular weight is 408 g/mol. The fraction of sp³-hybridized carbons (Fsp3) is 0.111. The maximum absolute atomic E-state index is 9.77.